The first-order valence-electron chi connectivity index (χ1n) is 9.29. The van der Waals surface area contributed by atoms with E-state index in [2.05, 4.69) is 9.72 Å². The number of anilines is 3. The van der Waals surface area contributed by atoms with Crippen molar-refractivity contribution in [3.63, 3.8) is 0 Å². The summed E-state index contributed by atoms with van der Waals surface area (Å²) in [6.45, 7) is -1.36. The van der Waals surface area contributed by atoms with Crippen LogP contribution in [0.15, 0.2) is 48.5 Å². The minimum atomic E-state index is -2.97. The van der Waals surface area contributed by atoms with Crippen molar-refractivity contribution in [2.45, 2.75) is 19.6 Å². The SMILES string of the molecule is COc1ccc(N(c2nc(N)c(C(=O)c3ccc(OC(F)F)cc3)s2)C(C)C(N)=O)cc1. The third kappa shape index (κ3) is 4.94. The van der Waals surface area contributed by atoms with Crippen LogP contribution in [0.2, 0.25) is 0 Å². The van der Waals surface area contributed by atoms with Crippen molar-refractivity contribution < 1.29 is 27.8 Å². The van der Waals surface area contributed by atoms with E-state index in [-0.39, 0.29) is 22.0 Å². The maximum Gasteiger partial charge on any atom is 0.387 e. The number of amides is 1. The van der Waals surface area contributed by atoms with Crippen LogP contribution in [0.3, 0.4) is 0 Å². The van der Waals surface area contributed by atoms with E-state index < -0.39 is 24.3 Å². The van der Waals surface area contributed by atoms with Crippen molar-refractivity contribution in [3.05, 3.63) is 59.0 Å². The topological polar surface area (TPSA) is 121 Å². The Morgan fingerprint density at radius 3 is 2.19 bits per heavy atom. The molecule has 3 aromatic rings. The van der Waals surface area contributed by atoms with Crippen molar-refractivity contribution in [1.29, 1.82) is 0 Å². The summed E-state index contributed by atoms with van der Waals surface area (Å²) in [4.78, 5) is 30.9. The normalized spacial score (nSPS) is 11.8. The number of methoxy groups -OCH3 is 1. The fraction of sp³-hybridized carbons (Fsp3) is 0.190. The molecule has 0 saturated carbocycles. The molecule has 2 aromatic carbocycles. The van der Waals surface area contributed by atoms with Gasteiger partial charge in [0.05, 0.1) is 7.11 Å². The molecule has 0 radical (unpaired) electrons. The maximum atomic E-state index is 12.9. The number of nitrogens with two attached hydrogens (primary N) is 2. The van der Waals surface area contributed by atoms with E-state index in [1.165, 1.54) is 31.4 Å². The molecule has 1 unspecified atom stereocenters. The van der Waals surface area contributed by atoms with Gasteiger partial charge in [0.25, 0.3) is 0 Å². The number of ether oxygens (including phenoxy) is 2. The van der Waals surface area contributed by atoms with Crippen LogP contribution in [0, 0.1) is 0 Å². The molecule has 32 heavy (non-hydrogen) atoms. The van der Waals surface area contributed by atoms with Crippen LogP contribution in [0.25, 0.3) is 0 Å². The van der Waals surface area contributed by atoms with Crippen molar-refractivity contribution in [3.8, 4) is 11.5 Å². The van der Waals surface area contributed by atoms with Gasteiger partial charge in [0.15, 0.2) is 5.13 Å². The molecule has 1 heterocycles. The lowest BCUT2D eigenvalue weighted by Crippen LogP contribution is -2.39. The lowest BCUT2D eigenvalue weighted by molar-refractivity contribution is -0.118. The fourth-order valence-corrected chi connectivity index (χ4v) is 3.92. The average molecular weight is 462 g/mol. The summed E-state index contributed by atoms with van der Waals surface area (Å²) in [5.74, 6) is -0.531. The number of hydrogen-bond donors (Lipinski definition) is 2. The van der Waals surface area contributed by atoms with Gasteiger partial charge in [0, 0.05) is 11.3 Å². The molecule has 1 atom stereocenters. The summed E-state index contributed by atoms with van der Waals surface area (Å²) < 4.78 is 34.1. The molecule has 1 aromatic heterocycles. The van der Waals surface area contributed by atoms with Crippen LogP contribution in [-0.4, -0.2) is 36.4 Å². The van der Waals surface area contributed by atoms with Crippen molar-refractivity contribution in [2.24, 2.45) is 5.73 Å². The molecule has 0 bridgehead atoms. The van der Waals surface area contributed by atoms with Gasteiger partial charge in [-0.1, -0.05) is 11.3 Å². The van der Waals surface area contributed by atoms with Crippen molar-refractivity contribution in [2.75, 3.05) is 17.7 Å². The number of benzene rings is 2. The number of hydrogen-bond acceptors (Lipinski definition) is 8. The number of alkyl halides is 2. The first-order chi connectivity index (χ1) is 15.2. The van der Waals surface area contributed by atoms with Gasteiger partial charge < -0.3 is 25.8 Å². The zero-order chi connectivity index (χ0) is 23.4. The van der Waals surface area contributed by atoms with E-state index in [0.717, 1.165) is 11.3 Å². The second-order valence-corrected chi connectivity index (χ2v) is 7.57. The Bertz CT molecular complexity index is 1100. The number of ketones is 1. The minimum absolute atomic E-state index is 0.0295. The summed E-state index contributed by atoms with van der Waals surface area (Å²) in [5.41, 5.74) is 12.3. The van der Waals surface area contributed by atoms with Gasteiger partial charge in [-0.15, -0.1) is 0 Å². The molecule has 1 amide bonds. The van der Waals surface area contributed by atoms with Gasteiger partial charge in [0.1, 0.15) is 28.2 Å². The Kier molecular flexibility index (Phi) is 6.89. The Balaban J connectivity index is 1.95. The number of primary amides is 1. The number of carbonyl (C=O) groups is 2. The number of nitrogen functional groups attached to an aromatic ring is 1. The molecule has 4 N–H and O–H groups in total. The van der Waals surface area contributed by atoms with E-state index in [9.17, 15) is 18.4 Å². The van der Waals surface area contributed by atoms with Crippen LogP contribution < -0.4 is 25.8 Å². The number of carbonyl (C=O) groups excluding carboxylic acids is 2. The van der Waals surface area contributed by atoms with Crippen LogP contribution >= 0.6 is 11.3 Å². The predicted octanol–water partition coefficient (Wildman–Crippen LogP) is 3.58. The van der Waals surface area contributed by atoms with Gasteiger partial charge in [0.2, 0.25) is 11.7 Å². The molecule has 0 aliphatic carbocycles. The van der Waals surface area contributed by atoms with Crippen molar-refractivity contribution in [1.82, 2.24) is 4.98 Å². The summed E-state index contributed by atoms with van der Waals surface area (Å²) in [6, 6.07) is 11.3. The van der Waals surface area contributed by atoms with Gasteiger partial charge in [-0.25, -0.2) is 4.98 Å². The van der Waals surface area contributed by atoms with E-state index in [1.54, 1.807) is 36.1 Å². The van der Waals surface area contributed by atoms with Crippen LogP contribution in [0.4, 0.5) is 25.4 Å². The lowest BCUT2D eigenvalue weighted by Gasteiger charge is -2.26. The third-order valence-electron chi connectivity index (χ3n) is 4.55. The van der Waals surface area contributed by atoms with Gasteiger partial charge in [-0.2, -0.15) is 8.78 Å². The quantitative estimate of drug-likeness (QED) is 0.466. The Hall–Kier alpha value is -3.73. The highest BCUT2D eigenvalue weighted by molar-refractivity contribution is 7.18. The van der Waals surface area contributed by atoms with Crippen LogP contribution in [0.1, 0.15) is 22.2 Å². The number of nitrogens with zero attached hydrogens (tertiary/aromatic N) is 2. The third-order valence-corrected chi connectivity index (χ3v) is 5.61. The molecule has 11 heteroatoms. The maximum absolute atomic E-state index is 12.9. The molecular formula is C21H20F2N4O4S. The molecule has 0 spiro atoms. The number of thiazole rings is 1. The molecule has 168 valence electrons. The van der Waals surface area contributed by atoms with Crippen LogP contribution in [-0.2, 0) is 4.79 Å². The molecule has 0 fully saturated rings. The average Bonchev–Trinajstić information content (AvgIpc) is 3.14. The van der Waals surface area contributed by atoms with Gasteiger partial charge in [-0.05, 0) is 55.5 Å². The Labute approximate surface area is 186 Å². The summed E-state index contributed by atoms with van der Waals surface area (Å²) in [6.07, 6.45) is 0. The molecular weight excluding hydrogens is 442 g/mol. The molecule has 0 aliphatic heterocycles. The number of aromatic nitrogens is 1. The first kappa shape index (κ1) is 22.9. The largest absolute Gasteiger partial charge is 0.497 e. The smallest absolute Gasteiger partial charge is 0.387 e. The second-order valence-electron chi connectivity index (χ2n) is 6.59. The highest BCUT2D eigenvalue weighted by atomic mass is 32.1. The monoisotopic (exact) mass is 462 g/mol. The van der Waals surface area contributed by atoms with Gasteiger partial charge >= 0.3 is 6.61 Å². The Morgan fingerprint density at radius 1 is 1.06 bits per heavy atom. The highest BCUT2D eigenvalue weighted by Gasteiger charge is 2.27. The number of rotatable bonds is 9. The summed E-state index contributed by atoms with van der Waals surface area (Å²) >= 11 is 0.986. The van der Waals surface area contributed by atoms with Gasteiger partial charge in [-0.3, -0.25) is 9.59 Å². The zero-order valence-electron chi connectivity index (χ0n) is 17.1. The van der Waals surface area contributed by atoms with E-state index >= 15 is 0 Å². The highest BCUT2D eigenvalue weighted by Crippen LogP contribution is 2.36. The first-order valence-corrected chi connectivity index (χ1v) is 10.1. The Morgan fingerprint density at radius 2 is 1.66 bits per heavy atom. The standard InChI is InChI=1S/C21H20F2N4O4S/c1-11(19(25)29)27(13-5-9-14(30-2)10-6-13)21-26-18(24)17(32-21)16(28)12-3-7-15(8-4-12)31-20(22)23/h3-11,20H,24H2,1-2H3,(H2,25,29). The molecule has 0 aliphatic rings. The van der Waals surface area contributed by atoms with E-state index in [1.807, 2.05) is 0 Å². The summed E-state index contributed by atoms with van der Waals surface area (Å²) in [5, 5.41) is 0.292. The molecule has 3 rings (SSSR count). The molecule has 8 nitrogen and oxygen atoms in total. The fourth-order valence-electron chi connectivity index (χ4n) is 2.87. The predicted molar refractivity (Wildman–Crippen MR) is 117 cm³/mol. The minimum Gasteiger partial charge on any atom is -0.497 e. The lowest BCUT2D eigenvalue weighted by atomic mass is 10.1. The number of halogens is 2. The van der Waals surface area contributed by atoms with Crippen molar-refractivity contribution >= 4 is 39.7 Å². The van der Waals surface area contributed by atoms with E-state index in [4.69, 9.17) is 16.2 Å². The zero-order valence-corrected chi connectivity index (χ0v) is 17.9. The molecule has 0 saturated heterocycles. The second kappa shape index (κ2) is 9.60. The summed E-state index contributed by atoms with van der Waals surface area (Å²) in [7, 11) is 1.53. The van der Waals surface area contributed by atoms with E-state index in [0.29, 0.717) is 16.6 Å². The van der Waals surface area contributed by atoms with Crippen LogP contribution in [0.5, 0.6) is 11.5 Å².